The second-order valence-corrected chi connectivity index (χ2v) is 4.57. The molecule has 2 rings (SSSR count). The number of nitrogens with one attached hydrogen (secondary N) is 1. The van der Waals surface area contributed by atoms with Crippen molar-refractivity contribution < 1.29 is 4.74 Å². The Bertz CT molecular complexity index is 692. The van der Waals surface area contributed by atoms with Gasteiger partial charge in [-0.3, -0.25) is 14.3 Å². The summed E-state index contributed by atoms with van der Waals surface area (Å²) in [5.41, 5.74) is -0.474. The van der Waals surface area contributed by atoms with E-state index in [9.17, 15) is 9.59 Å². The molecule has 0 unspecified atom stereocenters. The number of aromatic nitrogens is 2. The van der Waals surface area contributed by atoms with Gasteiger partial charge in [0, 0.05) is 0 Å². The van der Waals surface area contributed by atoms with Crippen molar-refractivity contribution in [3.8, 4) is 5.75 Å². The third-order valence-electron chi connectivity index (χ3n) is 2.91. The second kappa shape index (κ2) is 6.43. The van der Waals surface area contributed by atoms with Gasteiger partial charge in [-0.15, -0.1) is 0 Å². The Hall–Kier alpha value is -2.01. The molecule has 1 aromatic heterocycles. The van der Waals surface area contributed by atoms with E-state index >= 15 is 0 Å². The molecule has 0 saturated carbocycles. The summed E-state index contributed by atoms with van der Waals surface area (Å²) in [6.45, 7) is 2.22. The molecule has 6 heteroatoms. The highest BCUT2D eigenvalue weighted by Crippen LogP contribution is 2.08. The zero-order chi connectivity index (χ0) is 14.5. The fourth-order valence-electron chi connectivity index (χ4n) is 1.87. The Morgan fingerprint density at radius 3 is 2.60 bits per heavy atom. The van der Waals surface area contributed by atoms with Crippen LogP contribution < -0.4 is 16.0 Å². The number of nitrogens with zero attached hydrogens (tertiary/aromatic N) is 1. The standard InChI is InChI=1S/C14H15ClN2O3/c1-2-11-12(15)16-14(19)17(13(11)18)8-9-20-10-6-4-3-5-7-10/h3-7H,2,8-9H2,1H3,(H,16,19). The van der Waals surface area contributed by atoms with Crippen LogP contribution in [0.15, 0.2) is 39.9 Å². The molecule has 0 aliphatic rings. The normalized spacial score (nSPS) is 10.5. The molecule has 0 amide bonds. The Kier molecular flexibility index (Phi) is 4.63. The van der Waals surface area contributed by atoms with Gasteiger partial charge < -0.3 is 4.74 Å². The maximum Gasteiger partial charge on any atom is 0.329 e. The van der Waals surface area contributed by atoms with Crippen molar-refractivity contribution in [2.45, 2.75) is 19.9 Å². The largest absolute Gasteiger partial charge is 0.492 e. The van der Waals surface area contributed by atoms with Gasteiger partial charge in [0.1, 0.15) is 17.5 Å². The highest BCUT2D eigenvalue weighted by molar-refractivity contribution is 6.30. The fourth-order valence-corrected chi connectivity index (χ4v) is 2.16. The van der Waals surface area contributed by atoms with E-state index in [2.05, 4.69) is 4.98 Å². The second-order valence-electron chi connectivity index (χ2n) is 4.19. The predicted octanol–water partition coefficient (Wildman–Crippen LogP) is 1.83. The van der Waals surface area contributed by atoms with Crippen LogP contribution in [-0.2, 0) is 13.0 Å². The first-order valence-electron chi connectivity index (χ1n) is 6.32. The van der Waals surface area contributed by atoms with Crippen molar-refractivity contribution in [3.63, 3.8) is 0 Å². The van der Waals surface area contributed by atoms with E-state index < -0.39 is 5.69 Å². The van der Waals surface area contributed by atoms with E-state index in [0.29, 0.717) is 17.7 Å². The molecule has 5 nitrogen and oxygen atoms in total. The molecular formula is C14H15ClN2O3. The molecule has 0 fully saturated rings. The lowest BCUT2D eigenvalue weighted by Gasteiger charge is -2.09. The van der Waals surface area contributed by atoms with Gasteiger partial charge in [0.25, 0.3) is 5.56 Å². The Morgan fingerprint density at radius 1 is 1.25 bits per heavy atom. The smallest absolute Gasteiger partial charge is 0.329 e. The molecule has 20 heavy (non-hydrogen) atoms. The highest BCUT2D eigenvalue weighted by atomic mass is 35.5. The summed E-state index contributed by atoms with van der Waals surface area (Å²) in [6.07, 6.45) is 0.466. The third-order valence-corrected chi connectivity index (χ3v) is 3.23. The molecule has 0 spiro atoms. The van der Waals surface area contributed by atoms with Crippen molar-refractivity contribution >= 4 is 11.6 Å². The quantitative estimate of drug-likeness (QED) is 0.856. The minimum atomic E-state index is -0.520. The lowest BCUT2D eigenvalue weighted by molar-refractivity contribution is 0.293. The molecule has 0 atom stereocenters. The van der Waals surface area contributed by atoms with Crippen LogP contribution in [0.3, 0.4) is 0 Å². The van der Waals surface area contributed by atoms with Gasteiger partial charge in [0.2, 0.25) is 0 Å². The van der Waals surface area contributed by atoms with Gasteiger partial charge in [-0.05, 0) is 18.6 Å². The summed E-state index contributed by atoms with van der Waals surface area (Å²) in [5.74, 6) is 0.696. The number of hydrogen-bond donors (Lipinski definition) is 1. The van der Waals surface area contributed by atoms with Crippen LogP contribution in [0.2, 0.25) is 5.15 Å². The number of rotatable bonds is 5. The summed E-state index contributed by atoms with van der Waals surface area (Å²) in [6, 6.07) is 9.21. The van der Waals surface area contributed by atoms with Crippen molar-refractivity contribution in [1.29, 1.82) is 0 Å². The molecule has 106 valence electrons. The van der Waals surface area contributed by atoms with Crippen molar-refractivity contribution in [2.24, 2.45) is 0 Å². The minimum Gasteiger partial charge on any atom is -0.492 e. The zero-order valence-corrected chi connectivity index (χ0v) is 11.8. The van der Waals surface area contributed by atoms with Gasteiger partial charge in [-0.25, -0.2) is 4.79 Å². The number of H-pyrrole nitrogens is 1. The average molecular weight is 295 g/mol. The minimum absolute atomic E-state index is 0.114. The molecular weight excluding hydrogens is 280 g/mol. The van der Waals surface area contributed by atoms with Crippen molar-refractivity contribution in [1.82, 2.24) is 9.55 Å². The Morgan fingerprint density at radius 2 is 1.95 bits per heavy atom. The van der Waals surface area contributed by atoms with Crippen LogP contribution in [0.5, 0.6) is 5.75 Å². The monoisotopic (exact) mass is 294 g/mol. The first kappa shape index (κ1) is 14.4. The molecule has 0 saturated heterocycles. The molecule has 0 aliphatic heterocycles. The van der Waals surface area contributed by atoms with E-state index in [-0.39, 0.29) is 23.9 Å². The van der Waals surface area contributed by atoms with Crippen LogP contribution in [0.25, 0.3) is 0 Å². The SMILES string of the molecule is CCc1c(Cl)[nH]c(=O)n(CCOc2ccccc2)c1=O. The van der Waals surface area contributed by atoms with Gasteiger partial charge in [-0.2, -0.15) is 0 Å². The summed E-state index contributed by atoms with van der Waals surface area (Å²) in [5, 5.41) is 0.114. The van der Waals surface area contributed by atoms with Crippen LogP contribution in [-0.4, -0.2) is 16.2 Å². The number of ether oxygens (including phenoxy) is 1. The van der Waals surface area contributed by atoms with Crippen molar-refractivity contribution in [2.75, 3.05) is 6.61 Å². The number of hydrogen-bond acceptors (Lipinski definition) is 3. The van der Waals surface area contributed by atoms with Crippen LogP contribution in [0.4, 0.5) is 0 Å². The van der Waals surface area contributed by atoms with E-state index in [1.54, 1.807) is 0 Å². The fraction of sp³-hybridized carbons (Fsp3) is 0.286. The summed E-state index contributed by atoms with van der Waals surface area (Å²) in [4.78, 5) is 26.3. The van der Waals surface area contributed by atoms with E-state index in [1.807, 2.05) is 37.3 Å². The molecule has 1 heterocycles. The lowest BCUT2D eigenvalue weighted by atomic mass is 10.2. The number of para-hydroxylation sites is 1. The number of aromatic amines is 1. The van der Waals surface area contributed by atoms with Gasteiger partial charge in [0.15, 0.2) is 0 Å². The molecule has 0 bridgehead atoms. The van der Waals surface area contributed by atoms with E-state index in [4.69, 9.17) is 16.3 Å². The number of halogens is 1. The molecule has 0 radical (unpaired) electrons. The number of benzene rings is 1. The summed E-state index contributed by atoms with van der Waals surface area (Å²) in [7, 11) is 0. The summed E-state index contributed by atoms with van der Waals surface area (Å²) < 4.78 is 6.58. The van der Waals surface area contributed by atoms with E-state index in [0.717, 1.165) is 4.57 Å². The van der Waals surface area contributed by atoms with E-state index in [1.165, 1.54) is 0 Å². The van der Waals surface area contributed by atoms with Crippen LogP contribution in [0.1, 0.15) is 12.5 Å². The first-order chi connectivity index (χ1) is 9.63. The maximum absolute atomic E-state index is 12.1. The molecule has 1 aromatic carbocycles. The van der Waals surface area contributed by atoms with Crippen LogP contribution in [0, 0.1) is 0 Å². The highest BCUT2D eigenvalue weighted by Gasteiger charge is 2.10. The third kappa shape index (κ3) is 3.11. The van der Waals surface area contributed by atoms with Gasteiger partial charge in [0.05, 0.1) is 12.1 Å². The van der Waals surface area contributed by atoms with Gasteiger partial charge >= 0.3 is 5.69 Å². The van der Waals surface area contributed by atoms with Crippen LogP contribution >= 0.6 is 11.6 Å². The molecule has 1 N–H and O–H groups in total. The molecule has 2 aromatic rings. The Balaban J connectivity index is 2.14. The maximum atomic E-state index is 12.1. The zero-order valence-electron chi connectivity index (χ0n) is 11.1. The average Bonchev–Trinajstić information content (AvgIpc) is 2.44. The summed E-state index contributed by atoms with van der Waals surface area (Å²) >= 11 is 5.84. The van der Waals surface area contributed by atoms with Gasteiger partial charge in [-0.1, -0.05) is 36.7 Å². The Labute approximate surface area is 120 Å². The first-order valence-corrected chi connectivity index (χ1v) is 6.70. The topological polar surface area (TPSA) is 64.1 Å². The van der Waals surface area contributed by atoms with Crippen molar-refractivity contribution in [3.05, 3.63) is 61.9 Å². The lowest BCUT2D eigenvalue weighted by Crippen LogP contribution is -2.38. The predicted molar refractivity (Wildman–Crippen MR) is 77.6 cm³/mol. The molecule has 0 aliphatic carbocycles.